The van der Waals surface area contributed by atoms with E-state index >= 15 is 0 Å². The normalized spacial score (nSPS) is 16.4. The second-order valence-electron chi connectivity index (χ2n) is 6.36. The van der Waals surface area contributed by atoms with Crippen LogP contribution in [0.5, 0.6) is 0 Å². The van der Waals surface area contributed by atoms with Crippen LogP contribution in [-0.2, 0) is 11.2 Å². The van der Waals surface area contributed by atoms with Crippen molar-refractivity contribution in [1.29, 1.82) is 0 Å². The summed E-state index contributed by atoms with van der Waals surface area (Å²) < 4.78 is 0. The van der Waals surface area contributed by atoms with Crippen molar-refractivity contribution in [2.24, 2.45) is 0 Å². The Bertz CT molecular complexity index is 457. The van der Waals surface area contributed by atoms with Gasteiger partial charge in [0.1, 0.15) is 0 Å². The molecule has 0 saturated carbocycles. The van der Waals surface area contributed by atoms with Crippen LogP contribution in [0.2, 0.25) is 0 Å². The Kier molecular flexibility index (Phi) is 7.49. The van der Waals surface area contributed by atoms with Gasteiger partial charge in [0.15, 0.2) is 0 Å². The summed E-state index contributed by atoms with van der Waals surface area (Å²) in [5.74, 6) is 0.284. The minimum atomic E-state index is 0.284. The zero-order chi connectivity index (χ0) is 16.5. The summed E-state index contributed by atoms with van der Waals surface area (Å²) in [6.07, 6.45) is 6.59. The van der Waals surface area contributed by atoms with Gasteiger partial charge in [-0.3, -0.25) is 9.78 Å². The van der Waals surface area contributed by atoms with Crippen LogP contribution in [0.4, 0.5) is 0 Å². The number of piperidine rings is 1. The highest BCUT2D eigenvalue weighted by atomic mass is 16.2. The molecular formula is C18H30N4O. The minimum absolute atomic E-state index is 0.284. The number of nitrogens with zero attached hydrogens (tertiary/aromatic N) is 3. The first-order valence-corrected chi connectivity index (χ1v) is 8.73. The number of likely N-dealkylation sites (tertiary alicyclic amines) is 1. The van der Waals surface area contributed by atoms with Crippen LogP contribution >= 0.6 is 0 Å². The number of nitrogens with one attached hydrogen (secondary N) is 1. The summed E-state index contributed by atoms with van der Waals surface area (Å²) in [6.45, 7) is 4.12. The molecule has 1 aliphatic rings. The lowest BCUT2D eigenvalue weighted by atomic mass is 10.0. The first kappa shape index (κ1) is 17.9. The maximum Gasteiger partial charge on any atom is 0.222 e. The van der Waals surface area contributed by atoms with Gasteiger partial charge >= 0.3 is 0 Å². The third-order valence-corrected chi connectivity index (χ3v) is 4.73. The fourth-order valence-electron chi connectivity index (χ4n) is 3.15. The molecule has 0 unspecified atom stereocenters. The fraction of sp³-hybridized carbons (Fsp3) is 0.667. The summed E-state index contributed by atoms with van der Waals surface area (Å²) in [4.78, 5) is 21.0. The van der Waals surface area contributed by atoms with Crippen molar-refractivity contribution in [3.8, 4) is 0 Å². The highest BCUT2D eigenvalue weighted by Gasteiger charge is 2.24. The Morgan fingerprint density at radius 2 is 2.17 bits per heavy atom. The molecule has 1 aliphatic heterocycles. The molecule has 0 aliphatic carbocycles. The average Bonchev–Trinajstić information content (AvgIpc) is 2.61. The standard InChI is InChI=1S/C18H30N4O/c1-19-11-5-7-18(23)21(2)17-9-14-22(15-10-17)13-8-16-6-3-4-12-20-16/h3-4,6,12,17,19H,5,7-11,13-15H2,1-2H3. The molecule has 128 valence electrons. The molecule has 5 heteroatoms. The molecule has 1 amide bonds. The first-order valence-electron chi connectivity index (χ1n) is 8.73. The molecule has 1 N–H and O–H groups in total. The highest BCUT2D eigenvalue weighted by molar-refractivity contribution is 5.76. The Balaban J connectivity index is 1.67. The van der Waals surface area contributed by atoms with Crippen LogP contribution in [0.3, 0.4) is 0 Å². The van der Waals surface area contributed by atoms with Gasteiger partial charge in [0.05, 0.1) is 0 Å². The summed E-state index contributed by atoms with van der Waals surface area (Å²) in [5, 5.41) is 3.09. The molecule has 0 aromatic carbocycles. The summed E-state index contributed by atoms with van der Waals surface area (Å²) >= 11 is 0. The number of rotatable bonds is 8. The second-order valence-corrected chi connectivity index (χ2v) is 6.36. The van der Waals surface area contributed by atoms with Crippen molar-refractivity contribution in [2.75, 3.05) is 40.3 Å². The predicted molar refractivity (Wildman–Crippen MR) is 93.3 cm³/mol. The van der Waals surface area contributed by atoms with E-state index < -0.39 is 0 Å². The van der Waals surface area contributed by atoms with Gasteiger partial charge in [-0.25, -0.2) is 0 Å². The Morgan fingerprint density at radius 1 is 1.39 bits per heavy atom. The van der Waals surface area contributed by atoms with E-state index in [9.17, 15) is 4.79 Å². The number of hydrogen-bond donors (Lipinski definition) is 1. The lowest BCUT2D eigenvalue weighted by Crippen LogP contribution is -2.46. The Morgan fingerprint density at radius 3 is 2.83 bits per heavy atom. The maximum atomic E-state index is 12.2. The molecule has 0 atom stereocenters. The van der Waals surface area contributed by atoms with Gasteiger partial charge in [-0.2, -0.15) is 0 Å². The third kappa shape index (κ3) is 5.92. The number of carbonyl (C=O) groups is 1. The maximum absolute atomic E-state index is 12.2. The van der Waals surface area contributed by atoms with Crippen LogP contribution in [0.1, 0.15) is 31.4 Å². The fourth-order valence-corrected chi connectivity index (χ4v) is 3.15. The average molecular weight is 318 g/mol. The quantitative estimate of drug-likeness (QED) is 0.739. The molecule has 1 aromatic rings. The first-order chi connectivity index (χ1) is 11.2. The van der Waals surface area contributed by atoms with Crippen molar-refractivity contribution in [2.45, 2.75) is 38.1 Å². The topological polar surface area (TPSA) is 48.5 Å². The minimum Gasteiger partial charge on any atom is -0.343 e. The molecule has 0 radical (unpaired) electrons. The van der Waals surface area contributed by atoms with Crippen LogP contribution in [0.25, 0.3) is 0 Å². The largest absolute Gasteiger partial charge is 0.343 e. The van der Waals surface area contributed by atoms with Crippen LogP contribution in [0, 0.1) is 0 Å². The van der Waals surface area contributed by atoms with Gasteiger partial charge in [0, 0.05) is 57.5 Å². The second kappa shape index (κ2) is 9.63. The number of hydrogen-bond acceptors (Lipinski definition) is 4. The monoisotopic (exact) mass is 318 g/mol. The van der Waals surface area contributed by atoms with Gasteiger partial charge in [0.2, 0.25) is 5.91 Å². The molecule has 23 heavy (non-hydrogen) atoms. The molecule has 1 fully saturated rings. The van der Waals surface area contributed by atoms with Gasteiger partial charge in [-0.1, -0.05) is 6.07 Å². The van der Waals surface area contributed by atoms with E-state index in [4.69, 9.17) is 0 Å². The Labute approximate surface area is 140 Å². The molecule has 5 nitrogen and oxygen atoms in total. The molecule has 0 spiro atoms. The summed E-state index contributed by atoms with van der Waals surface area (Å²) in [6, 6.07) is 6.49. The predicted octanol–water partition coefficient (Wildman–Crippen LogP) is 1.55. The molecule has 2 heterocycles. The van der Waals surface area contributed by atoms with E-state index in [0.717, 1.165) is 57.6 Å². The van der Waals surface area contributed by atoms with Gasteiger partial charge in [0.25, 0.3) is 0 Å². The SMILES string of the molecule is CNCCCC(=O)N(C)C1CCN(CCc2ccccn2)CC1. The van der Waals surface area contributed by atoms with Crippen LogP contribution < -0.4 is 5.32 Å². The van der Waals surface area contributed by atoms with E-state index in [2.05, 4.69) is 21.3 Å². The van der Waals surface area contributed by atoms with Crippen molar-refractivity contribution >= 4 is 5.91 Å². The highest BCUT2D eigenvalue weighted by Crippen LogP contribution is 2.16. The van der Waals surface area contributed by atoms with E-state index in [1.165, 1.54) is 0 Å². The van der Waals surface area contributed by atoms with Crippen molar-refractivity contribution in [1.82, 2.24) is 20.1 Å². The van der Waals surface area contributed by atoms with Crippen LogP contribution in [0.15, 0.2) is 24.4 Å². The summed E-state index contributed by atoms with van der Waals surface area (Å²) in [7, 11) is 3.89. The Hall–Kier alpha value is -1.46. The number of carbonyl (C=O) groups excluding carboxylic acids is 1. The van der Waals surface area contributed by atoms with Gasteiger partial charge in [-0.15, -0.1) is 0 Å². The third-order valence-electron chi connectivity index (χ3n) is 4.73. The van der Waals surface area contributed by atoms with Crippen molar-refractivity contribution in [3.63, 3.8) is 0 Å². The smallest absolute Gasteiger partial charge is 0.222 e. The molecule has 1 aromatic heterocycles. The number of pyridine rings is 1. The lowest BCUT2D eigenvalue weighted by molar-refractivity contribution is -0.132. The molecule has 1 saturated heterocycles. The van der Waals surface area contributed by atoms with E-state index in [0.29, 0.717) is 12.5 Å². The zero-order valence-corrected chi connectivity index (χ0v) is 14.5. The summed E-state index contributed by atoms with van der Waals surface area (Å²) in [5.41, 5.74) is 1.16. The molecule has 2 rings (SSSR count). The van der Waals surface area contributed by atoms with E-state index in [1.807, 2.05) is 37.3 Å². The van der Waals surface area contributed by atoms with Gasteiger partial charge < -0.3 is 15.1 Å². The van der Waals surface area contributed by atoms with Crippen molar-refractivity contribution in [3.05, 3.63) is 30.1 Å². The lowest BCUT2D eigenvalue weighted by Gasteiger charge is -2.36. The van der Waals surface area contributed by atoms with Gasteiger partial charge in [-0.05, 0) is 45.0 Å². The van der Waals surface area contributed by atoms with E-state index in [1.54, 1.807) is 0 Å². The van der Waals surface area contributed by atoms with E-state index in [-0.39, 0.29) is 5.91 Å². The van der Waals surface area contributed by atoms with Crippen LogP contribution in [-0.4, -0.2) is 67.0 Å². The molecule has 0 bridgehead atoms. The number of amides is 1. The molecular weight excluding hydrogens is 288 g/mol. The van der Waals surface area contributed by atoms with Crippen molar-refractivity contribution < 1.29 is 4.79 Å². The zero-order valence-electron chi connectivity index (χ0n) is 14.5. The number of aromatic nitrogens is 1.